The summed E-state index contributed by atoms with van der Waals surface area (Å²) in [7, 11) is 0. The van der Waals surface area contributed by atoms with Crippen LogP contribution in [0.15, 0.2) is 60.9 Å². The van der Waals surface area contributed by atoms with E-state index in [2.05, 4.69) is 22.1 Å². The minimum absolute atomic E-state index is 0.601. The molecule has 2 aromatic heterocycles. The van der Waals surface area contributed by atoms with E-state index in [1.807, 2.05) is 32.9 Å². The van der Waals surface area contributed by atoms with Crippen LogP contribution in [0.4, 0.5) is 13.2 Å². The third-order valence-corrected chi connectivity index (χ3v) is 5.07. The molecule has 0 saturated heterocycles. The normalized spacial score (nSPS) is 11.7. The van der Waals surface area contributed by atoms with Gasteiger partial charge in [0.05, 0.1) is 17.0 Å². The fraction of sp³-hybridized carbons (Fsp3) is 0.167. The van der Waals surface area contributed by atoms with Crippen molar-refractivity contribution in [1.29, 1.82) is 0 Å². The van der Waals surface area contributed by atoms with Crippen LogP contribution in [0, 0.1) is 20.8 Å². The molecule has 3 nitrogen and oxygen atoms in total. The number of H-pyrrole nitrogens is 1. The Labute approximate surface area is 172 Å². The maximum absolute atomic E-state index is 13.0. The zero-order valence-corrected chi connectivity index (χ0v) is 16.8. The number of hydrogen-bond donors (Lipinski definition) is 1. The molecule has 0 bridgehead atoms. The van der Waals surface area contributed by atoms with Crippen LogP contribution in [0.1, 0.15) is 22.3 Å². The number of halogens is 3. The highest BCUT2D eigenvalue weighted by molar-refractivity contribution is 5.82. The van der Waals surface area contributed by atoms with Gasteiger partial charge in [0, 0.05) is 29.1 Å². The lowest BCUT2D eigenvalue weighted by atomic mass is 9.99. The van der Waals surface area contributed by atoms with Crippen LogP contribution < -0.4 is 0 Å². The van der Waals surface area contributed by atoms with Crippen molar-refractivity contribution in [3.8, 4) is 33.9 Å². The Balaban J connectivity index is 1.90. The van der Waals surface area contributed by atoms with Crippen molar-refractivity contribution in [2.24, 2.45) is 0 Å². The van der Waals surface area contributed by atoms with E-state index in [0.717, 1.165) is 45.6 Å². The van der Waals surface area contributed by atoms with Crippen molar-refractivity contribution in [2.45, 2.75) is 26.9 Å². The Bertz CT molecular complexity index is 1170. The van der Waals surface area contributed by atoms with E-state index in [4.69, 9.17) is 4.98 Å². The summed E-state index contributed by atoms with van der Waals surface area (Å²) in [5.41, 5.74) is 6.46. The first-order chi connectivity index (χ1) is 14.2. The smallest absolute Gasteiger partial charge is 0.337 e. The molecule has 0 radical (unpaired) electrons. The van der Waals surface area contributed by atoms with E-state index < -0.39 is 11.7 Å². The second kappa shape index (κ2) is 7.44. The van der Waals surface area contributed by atoms with Gasteiger partial charge in [-0.2, -0.15) is 13.2 Å². The zero-order valence-electron chi connectivity index (χ0n) is 16.8. The van der Waals surface area contributed by atoms with Gasteiger partial charge in [0.25, 0.3) is 0 Å². The summed E-state index contributed by atoms with van der Waals surface area (Å²) in [6.45, 7) is 6.10. The number of aromatic nitrogens is 3. The number of nitrogens with zero attached hydrogens (tertiary/aromatic N) is 2. The molecule has 4 aromatic rings. The SMILES string of the molecule is Cc1cc(C)c(-c2nc(-c3ccc(C(F)(F)F)cc3)c(-c3ccncc3)[nH]2)c(C)c1. The molecule has 1 N–H and O–H groups in total. The Kier molecular flexibility index (Phi) is 4.94. The quantitative estimate of drug-likeness (QED) is 0.408. The van der Waals surface area contributed by atoms with E-state index in [1.54, 1.807) is 12.4 Å². The number of benzene rings is 2. The molecular weight excluding hydrogens is 387 g/mol. The van der Waals surface area contributed by atoms with Gasteiger partial charge in [-0.05, 0) is 56.2 Å². The van der Waals surface area contributed by atoms with Gasteiger partial charge in [-0.15, -0.1) is 0 Å². The number of imidazole rings is 1. The second-order valence-corrected chi connectivity index (χ2v) is 7.39. The monoisotopic (exact) mass is 407 g/mol. The Morgan fingerprint density at radius 1 is 0.800 bits per heavy atom. The third-order valence-electron chi connectivity index (χ3n) is 5.07. The van der Waals surface area contributed by atoms with Crippen molar-refractivity contribution in [1.82, 2.24) is 15.0 Å². The lowest BCUT2D eigenvalue weighted by molar-refractivity contribution is -0.137. The molecule has 6 heteroatoms. The predicted molar refractivity (Wildman–Crippen MR) is 112 cm³/mol. The number of hydrogen-bond acceptors (Lipinski definition) is 2. The van der Waals surface area contributed by atoms with Crippen LogP contribution in [0.5, 0.6) is 0 Å². The lowest BCUT2D eigenvalue weighted by Gasteiger charge is -2.08. The Morgan fingerprint density at radius 3 is 1.97 bits per heavy atom. The average Bonchev–Trinajstić information content (AvgIpc) is 3.12. The number of nitrogens with one attached hydrogen (secondary N) is 1. The van der Waals surface area contributed by atoms with Crippen molar-refractivity contribution >= 4 is 0 Å². The molecule has 4 rings (SSSR count). The number of rotatable bonds is 3. The highest BCUT2D eigenvalue weighted by atomic mass is 19.4. The van der Waals surface area contributed by atoms with E-state index in [0.29, 0.717) is 17.1 Å². The van der Waals surface area contributed by atoms with Crippen LogP contribution in [0.2, 0.25) is 0 Å². The van der Waals surface area contributed by atoms with Gasteiger partial charge in [0.15, 0.2) is 0 Å². The Morgan fingerprint density at radius 2 is 1.40 bits per heavy atom. The van der Waals surface area contributed by atoms with Gasteiger partial charge in [0.1, 0.15) is 5.82 Å². The van der Waals surface area contributed by atoms with Crippen LogP contribution in [0.25, 0.3) is 33.9 Å². The van der Waals surface area contributed by atoms with E-state index in [-0.39, 0.29) is 0 Å². The van der Waals surface area contributed by atoms with Crippen LogP contribution in [0.3, 0.4) is 0 Å². The largest absolute Gasteiger partial charge is 0.416 e. The minimum Gasteiger partial charge on any atom is -0.337 e. The van der Waals surface area contributed by atoms with Gasteiger partial charge >= 0.3 is 6.18 Å². The highest BCUT2D eigenvalue weighted by Crippen LogP contribution is 2.36. The van der Waals surface area contributed by atoms with Gasteiger partial charge in [-0.1, -0.05) is 29.8 Å². The first kappa shape index (κ1) is 19.9. The number of pyridine rings is 1. The van der Waals surface area contributed by atoms with Crippen molar-refractivity contribution < 1.29 is 13.2 Å². The van der Waals surface area contributed by atoms with E-state index in [1.165, 1.54) is 12.1 Å². The Hall–Kier alpha value is -3.41. The first-order valence-electron chi connectivity index (χ1n) is 9.50. The maximum Gasteiger partial charge on any atom is 0.416 e. The molecule has 0 saturated carbocycles. The van der Waals surface area contributed by atoms with Crippen LogP contribution >= 0.6 is 0 Å². The summed E-state index contributed by atoms with van der Waals surface area (Å²) >= 11 is 0. The molecule has 0 unspecified atom stereocenters. The maximum atomic E-state index is 13.0. The topological polar surface area (TPSA) is 41.6 Å². The van der Waals surface area contributed by atoms with Crippen molar-refractivity contribution in [3.05, 3.63) is 83.2 Å². The third kappa shape index (κ3) is 3.73. The van der Waals surface area contributed by atoms with E-state index in [9.17, 15) is 13.2 Å². The molecule has 0 aliphatic heterocycles. The molecule has 0 amide bonds. The standard InChI is InChI=1S/C24H20F3N3/c1-14-12-15(2)20(16(3)13-14)23-29-21(22(30-23)18-8-10-28-11-9-18)17-4-6-19(7-5-17)24(25,26)27/h4-13H,1-3H3,(H,29,30). The molecule has 0 atom stereocenters. The van der Waals surface area contributed by atoms with Crippen LogP contribution in [-0.2, 0) is 6.18 Å². The average molecular weight is 407 g/mol. The molecule has 30 heavy (non-hydrogen) atoms. The van der Waals surface area contributed by atoms with Gasteiger partial charge in [-0.3, -0.25) is 4.98 Å². The summed E-state index contributed by atoms with van der Waals surface area (Å²) in [5.74, 6) is 0.687. The van der Waals surface area contributed by atoms with Gasteiger partial charge in [-0.25, -0.2) is 4.98 Å². The summed E-state index contributed by atoms with van der Waals surface area (Å²) in [5, 5.41) is 0. The molecule has 2 aromatic carbocycles. The molecule has 152 valence electrons. The molecule has 0 aliphatic carbocycles. The summed E-state index contributed by atoms with van der Waals surface area (Å²) in [4.78, 5) is 12.3. The van der Waals surface area contributed by atoms with E-state index >= 15 is 0 Å². The highest BCUT2D eigenvalue weighted by Gasteiger charge is 2.30. The number of aryl methyl sites for hydroxylation is 3. The van der Waals surface area contributed by atoms with Crippen molar-refractivity contribution in [3.63, 3.8) is 0 Å². The second-order valence-electron chi connectivity index (χ2n) is 7.39. The summed E-state index contributed by atoms with van der Waals surface area (Å²) in [6, 6.07) is 13.0. The molecule has 0 spiro atoms. The van der Waals surface area contributed by atoms with Gasteiger partial charge < -0.3 is 4.98 Å². The summed E-state index contributed by atoms with van der Waals surface area (Å²) < 4.78 is 39.0. The summed E-state index contributed by atoms with van der Waals surface area (Å²) in [6.07, 6.45) is -1.02. The first-order valence-corrected chi connectivity index (χ1v) is 9.50. The fourth-order valence-corrected chi connectivity index (χ4v) is 3.80. The number of alkyl halides is 3. The molecule has 0 aliphatic rings. The lowest BCUT2D eigenvalue weighted by Crippen LogP contribution is -2.04. The zero-order chi connectivity index (χ0) is 21.5. The minimum atomic E-state index is -4.38. The predicted octanol–water partition coefficient (Wildman–Crippen LogP) is 6.75. The van der Waals surface area contributed by atoms with Crippen molar-refractivity contribution in [2.75, 3.05) is 0 Å². The molecule has 0 fully saturated rings. The van der Waals surface area contributed by atoms with Crippen LogP contribution in [-0.4, -0.2) is 15.0 Å². The fourth-order valence-electron chi connectivity index (χ4n) is 3.80. The molecule has 2 heterocycles. The van der Waals surface area contributed by atoms with Gasteiger partial charge in [0.2, 0.25) is 0 Å². The molecular formula is C24H20F3N3. The number of aromatic amines is 1.